The minimum absolute atomic E-state index is 0.0194. The smallest absolute Gasteiger partial charge is 0.374 e. The molecule has 0 saturated carbocycles. The van der Waals surface area contributed by atoms with Gasteiger partial charge in [-0.2, -0.15) is 0 Å². The lowest BCUT2D eigenvalue weighted by Crippen LogP contribution is -2.02. The normalized spacial score (nSPS) is 10.0. The monoisotopic (exact) mass is 260 g/mol. The topological polar surface area (TPSA) is 65.7 Å². The standard InChI is InChI=1S/C14H12O5/c1-17-13(15)11-8-10(9-6-4-3-5-7-9)12(19-11)14(16)18-2/h3-8H,1-2H3. The fraction of sp³-hybridized carbons (Fsp3) is 0.143. The number of esters is 2. The lowest BCUT2D eigenvalue weighted by atomic mass is 10.1. The first-order valence-corrected chi connectivity index (χ1v) is 5.53. The van der Waals surface area contributed by atoms with Gasteiger partial charge in [0.2, 0.25) is 11.5 Å². The number of benzene rings is 1. The molecule has 0 spiro atoms. The Morgan fingerprint density at radius 2 is 1.63 bits per heavy atom. The molecule has 98 valence electrons. The molecule has 19 heavy (non-hydrogen) atoms. The second kappa shape index (κ2) is 5.39. The number of hydrogen-bond acceptors (Lipinski definition) is 5. The summed E-state index contributed by atoms with van der Waals surface area (Å²) in [6.07, 6.45) is 0. The molecule has 0 saturated heterocycles. The Morgan fingerprint density at radius 3 is 2.21 bits per heavy atom. The molecular weight excluding hydrogens is 248 g/mol. The summed E-state index contributed by atoms with van der Waals surface area (Å²) in [5, 5.41) is 0. The van der Waals surface area contributed by atoms with Crippen molar-refractivity contribution >= 4 is 11.9 Å². The van der Waals surface area contributed by atoms with E-state index in [0.29, 0.717) is 5.56 Å². The Kier molecular flexibility index (Phi) is 3.66. The van der Waals surface area contributed by atoms with E-state index >= 15 is 0 Å². The summed E-state index contributed by atoms with van der Waals surface area (Å²) in [4.78, 5) is 23.1. The first-order chi connectivity index (χ1) is 9.17. The molecule has 5 nitrogen and oxygen atoms in total. The van der Waals surface area contributed by atoms with Crippen LogP contribution in [0.2, 0.25) is 0 Å². The summed E-state index contributed by atoms with van der Waals surface area (Å²) < 4.78 is 14.4. The van der Waals surface area contributed by atoms with Gasteiger partial charge in [0.1, 0.15) is 0 Å². The van der Waals surface area contributed by atoms with Crippen LogP contribution >= 0.6 is 0 Å². The second-order valence-electron chi connectivity index (χ2n) is 3.70. The maximum absolute atomic E-state index is 11.7. The van der Waals surface area contributed by atoms with Gasteiger partial charge < -0.3 is 13.9 Å². The first-order valence-electron chi connectivity index (χ1n) is 5.53. The SMILES string of the molecule is COC(=O)c1cc(-c2ccccc2)c(C(=O)OC)o1. The molecule has 1 aromatic heterocycles. The number of ether oxygens (including phenoxy) is 2. The second-order valence-corrected chi connectivity index (χ2v) is 3.70. The number of carbonyl (C=O) groups excluding carboxylic acids is 2. The summed E-state index contributed by atoms with van der Waals surface area (Å²) in [7, 11) is 2.49. The lowest BCUT2D eigenvalue weighted by Gasteiger charge is -2.00. The van der Waals surface area contributed by atoms with Gasteiger partial charge in [0.15, 0.2) is 0 Å². The van der Waals surface area contributed by atoms with Crippen molar-refractivity contribution in [3.8, 4) is 11.1 Å². The van der Waals surface area contributed by atoms with E-state index in [2.05, 4.69) is 9.47 Å². The van der Waals surface area contributed by atoms with Crippen LogP contribution in [-0.2, 0) is 9.47 Å². The van der Waals surface area contributed by atoms with Crippen LogP contribution < -0.4 is 0 Å². The van der Waals surface area contributed by atoms with Crippen molar-refractivity contribution in [2.75, 3.05) is 14.2 Å². The molecule has 1 heterocycles. The summed E-state index contributed by atoms with van der Waals surface area (Å²) in [6.45, 7) is 0. The van der Waals surface area contributed by atoms with Crippen molar-refractivity contribution < 1.29 is 23.5 Å². The van der Waals surface area contributed by atoms with Gasteiger partial charge in [-0.25, -0.2) is 9.59 Å². The van der Waals surface area contributed by atoms with Crippen molar-refractivity contribution in [3.05, 3.63) is 47.9 Å². The third-order valence-electron chi connectivity index (χ3n) is 2.57. The quantitative estimate of drug-likeness (QED) is 0.793. The van der Waals surface area contributed by atoms with Crippen molar-refractivity contribution in [3.63, 3.8) is 0 Å². The molecule has 0 radical (unpaired) electrons. The minimum atomic E-state index is -0.646. The number of methoxy groups -OCH3 is 2. The van der Waals surface area contributed by atoms with Crippen molar-refractivity contribution in [1.29, 1.82) is 0 Å². The first kappa shape index (κ1) is 12.9. The van der Waals surface area contributed by atoms with E-state index in [-0.39, 0.29) is 11.5 Å². The summed E-state index contributed by atoms with van der Waals surface area (Å²) in [5.74, 6) is -1.35. The maximum Gasteiger partial charge on any atom is 0.374 e. The fourth-order valence-electron chi connectivity index (χ4n) is 1.67. The molecular formula is C14H12O5. The van der Waals surface area contributed by atoms with E-state index in [1.54, 1.807) is 12.1 Å². The molecule has 0 aliphatic rings. The van der Waals surface area contributed by atoms with Crippen molar-refractivity contribution in [2.24, 2.45) is 0 Å². The van der Waals surface area contributed by atoms with E-state index in [4.69, 9.17) is 4.42 Å². The van der Waals surface area contributed by atoms with E-state index in [0.717, 1.165) is 5.56 Å². The number of furan rings is 1. The molecule has 0 N–H and O–H groups in total. The van der Waals surface area contributed by atoms with Crippen LogP contribution in [0, 0.1) is 0 Å². The molecule has 0 atom stereocenters. The van der Waals surface area contributed by atoms with Crippen LogP contribution in [0.25, 0.3) is 11.1 Å². The molecule has 0 aliphatic heterocycles. The van der Waals surface area contributed by atoms with Gasteiger partial charge in [0, 0.05) is 11.6 Å². The molecule has 5 heteroatoms. The van der Waals surface area contributed by atoms with Crippen LogP contribution in [-0.4, -0.2) is 26.2 Å². The summed E-state index contributed by atoms with van der Waals surface area (Å²) in [6, 6.07) is 10.6. The Bertz CT molecular complexity index is 598. The average Bonchev–Trinajstić information content (AvgIpc) is 2.91. The molecule has 0 unspecified atom stereocenters. The van der Waals surface area contributed by atoms with Gasteiger partial charge in [0.05, 0.1) is 14.2 Å². The maximum atomic E-state index is 11.7. The number of hydrogen-bond donors (Lipinski definition) is 0. The highest BCUT2D eigenvalue weighted by atomic mass is 16.5. The number of carbonyl (C=O) groups is 2. The largest absolute Gasteiger partial charge is 0.463 e. The number of rotatable bonds is 3. The molecule has 0 amide bonds. The minimum Gasteiger partial charge on any atom is -0.463 e. The van der Waals surface area contributed by atoms with E-state index < -0.39 is 11.9 Å². The van der Waals surface area contributed by atoms with Gasteiger partial charge in [-0.05, 0) is 5.56 Å². The molecule has 2 rings (SSSR count). The Morgan fingerprint density at radius 1 is 1.00 bits per heavy atom. The highest BCUT2D eigenvalue weighted by Crippen LogP contribution is 2.28. The van der Waals surface area contributed by atoms with Crippen molar-refractivity contribution in [2.45, 2.75) is 0 Å². The van der Waals surface area contributed by atoms with E-state index in [1.807, 2.05) is 18.2 Å². The zero-order valence-electron chi connectivity index (χ0n) is 10.5. The highest BCUT2D eigenvalue weighted by molar-refractivity contribution is 5.98. The molecule has 0 bridgehead atoms. The third-order valence-corrected chi connectivity index (χ3v) is 2.57. The Labute approximate surface area is 109 Å². The van der Waals surface area contributed by atoms with Crippen LogP contribution in [0.4, 0.5) is 0 Å². The molecule has 2 aromatic rings. The zero-order valence-corrected chi connectivity index (χ0v) is 10.5. The van der Waals surface area contributed by atoms with Crippen LogP contribution in [0.15, 0.2) is 40.8 Å². The molecule has 1 aromatic carbocycles. The van der Waals surface area contributed by atoms with Crippen molar-refractivity contribution in [1.82, 2.24) is 0 Å². The fourth-order valence-corrected chi connectivity index (χ4v) is 1.67. The lowest BCUT2D eigenvalue weighted by molar-refractivity contribution is 0.0531. The zero-order chi connectivity index (χ0) is 13.8. The highest BCUT2D eigenvalue weighted by Gasteiger charge is 2.23. The predicted octanol–water partition coefficient (Wildman–Crippen LogP) is 2.52. The van der Waals surface area contributed by atoms with Crippen LogP contribution in [0.1, 0.15) is 21.1 Å². The van der Waals surface area contributed by atoms with Crippen LogP contribution in [0.5, 0.6) is 0 Å². The van der Waals surface area contributed by atoms with Gasteiger partial charge in [-0.1, -0.05) is 30.3 Å². The summed E-state index contributed by atoms with van der Waals surface area (Å²) in [5.41, 5.74) is 1.25. The molecule has 0 fully saturated rings. The van der Waals surface area contributed by atoms with E-state index in [9.17, 15) is 9.59 Å². The van der Waals surface area contributed by atoms with Gasteiger partial charge in [0.25, 0.3) is 0 Å². The van der Waals surface area contributed by atoms with Gasteiger partial charge in [-0.3, -0.25) is 0 Å². The van der Waals surface area contributed by atoms with Crippen LogP contribution in [0.3, 0.4) is 0 Å². The summed E-state index contributed by atoms with van der Waals surface area (Å²) >= 11 is 0. The Hall–Kier alpha value is -2.56. The third kappa shape index (κ3) is 2.49. The van der Waals surface area contributed by atoms with Gasteiger partial charge >= 0.3 is 11.9 Å². The average molecular weight is 260 g/mol. The van der Waals surface area contributed by atoms with Gasteiger partial charge in [-0.15, -0.1) is 0 Å². The predicted molar refractivity (Wildman–Crippen MR) is 66.8 cm³/mol. The Balaban J connectivity index is 2.55. The van der Waals surface area contributed by atoms with E-state index in [1.165, 1.54) is 20.3 Å². The molecule has 0 aliphatic carbocycles.